The first-order valence-corrected chi connectivity index (χ1v) is 7.62. The third kappa shape index (κ3) is 3.68. The molecule has 2 aromatic rings. The molecule has 3 heteroatoms. The summed E-state index contributed by atoms with van der Waals surface area (Å²) in [6, 6.07) is 15.5. The average molecular weight is 320 g/mol. The highest BCUT2D eigenvalue weighted by Gasteiger charge is 2.32. The Kier molecular flexibility index (Phi) is 5.10. The van der Waals surface area contributed by atoms with Gasteiger partial charge in [-0.15, -0.1) is 6.58 Å². The SMILES string of the molecule is C=CC[C@H](c1cccc(Cl)c1)C(C)(N)c1ccc(Cl)cc1. The molecule has 0 aromatic heterocycles. The highest BCUT2D eigenvalue weighted by atomic mass is 35.5. The molecule has 21 heavy (non-hydrogen) atoms. The highest BCUT2D eigenvalue weighted by molar-refractivity contribution is 6.30. The van der Waals surface area contributed by atoms with Gasteiger partial charge in [0.05, 0.1) is 0 Å². The highest BCUT2D eigenvalue weighted by Crippen LogP contribution is 2.38. The standard InChI is InChI=1S/C18H19Cl2N/c1-3-5-17(13-6-4-7-16(20)12-13)18(2,21)14-8-10-15(19)11-9-14/h3-4,6-12,17H,1,5,21H2,2H3/t17-,18?/m1/s1. The average Bonchev–Trinajstić information content (AvgIpc) is 2.45. The number of allylic oxidation sites excluding steroid dienone is 1. The number of nitrogens with two attached hydrogens (primary N) is 1. The van der Waals surface area contributed by atoms with Gasteiger partial charge < -0.3 is 5.73 Å². The summed E-state index contributed by atoms with van der Waals surface area (Å²) in [5, 5.41) is 1.42. The van der Waals surface area contributed by atoms with Gasteiger partial charge in [-0.1, -0.05) is 53.5 Å². The molecule has 1 unspecified atom stereocenters. The molecule has 0 amide bonds. The molecule has 0 aliphatic heterocycles. The number of halogens is 2. The third-order valence-electron chi connectivity index (χ3n) is 3.84. The molecule has 2 aromatic carbocycles. The molecular weight excluding hydrogens is 301 g/mol. The van der Waals surface area contributed by atoms with Gasteiger partial charge in [-0.05, 0) is 48.7 Å². The normalized spacial score (nSPS) is 15.2. The van der Waals surface area contributed by atoms with Crippen LogP contribution < -0.4 is 5.73 Å². The first-order chi connectivity index (χ1) is 9.95. The van der Waals surface area contributed by atoms with Gasteiger partial charge in [0, 0.05) is 21.5 Å². The second kappa shape index (κ2) is 6.65. The lowest BCUT2D eigenvalue weighted by Crippen LogP contribution is -2.39. The molecule has 0 aliphatic carbocycles. The summed E-state index contributed by atoms with van der Waals surface area (Å²) >= 11 is 12.1. The summed E-state index contributed by atoms with van der Waals surface area (Å²) in [5.41, 5.74) is 8.28. The summed E-state index contributed by atoms with van der Waals surface area (Å²) in [7, 11) is 0. The van der Waals surface area contributed by atoms with E-state index in [1.165, 1.54) is 0 Å². The molecule has 0 heterocycles. The van der Waals surface area contributed by atoms with Gasteiger partial charge in [0.15, 0.2) is 0 Å². The number of hydrogen-bond donors (Lipinski definition) is 1. The van der Waals surface area contributed by atoms with Crippen LogP contribution in [0, 0.1) is 0 Å². The monoisotopic (exact) mass is 319 g/mol. The maximum absolute atomic E-state index is 6.67. The van der Waals surface area contributed by atoms with Crippen LogP contribution in [0.2, 0.25) is 10.0 Å². The fourth-order valence-electron chi connectivity index (χ4n) is 2.63. The second-order valence-electron chi connectivity index (χ2n) is 5.42. The fourth-order valence-corrected chi connectivity index (χ4v) is 2.95. The van der Waals surface area contributed by atoms with E-state index in [1.807, 2.05) is 55.5 Å². The Bertz CT molecular complexity index is 617. The molecule has 2 rings (SSSR count). The molecule has 2 N–H and O–H groups in total. The quantitative estimate of drug-likeness (QED) is 0.721. The van der Waals surface area contributed by atoms with Gasteiger partial charge >= 0.3 is 0 Å². The van der Waals surface area contributed by atoms with Crippen molar-refractivity contribution in [3.8, 4) is 0 Å². The summed E-state index contributed by atoms with van der Waals surface area (Å²) in [4.78, 5) is 0. The lowest BCUT2D eigenvalue weighted by Gasteiger charge is -2.35. The summed E-state index contributed by atoms with van der Waals surface area (Å²) in [5.74, 6) is 0.0925. The van der Waals surface area contributed by atoms with Crippen molar-refractivity contribution in [3.05, 3.63) is 82.4 Å². The van der Waals surface area contributed by atoms with Gasteiger partial charge in [-0.25, -0.2) is 0 Å². The second-order valence-corrected chi connectivity index (χ2v) is 6.29. The maximum atomic E-state index is 6.67. The van der Waals surface area contributed by atoms with Gasteiger partial charge in [0.2, 0.25) is 0 Å². The van der Waals surface area contributed by atoms with Crippen LogP contribution in [-0.2, 0) is 5.54 Å². The Balaban J connectivity index is 2.45. The molecule has 0 aliphatic rings. The van der Waals surface area contributed by atoms with E-state index in [0.717, 1.165) is 17.5 Å². The first-order valence-electron chi connectivity index (χ1n) is 6.86. The van der Waals surface area contributed by atoms with Crippen LogP contribution in [0.5, 0.6) is 0 Å². The fraction of sp³-hybridized carbons (Fsp3) is 0.222. The van der Waals surface area contributed by atoms with Gasteiger partial charge in [0.1, 0.15) is 0 Å². The van der Waals surface area contributed by atoms with Crippen molar-refractivity contribution in [2.75, 3.05) is 0 Å². The van der Waals surface area contributed by atoms with E-state index in [9.17, 15) is 0 Å². The van der Waals surface area contributed by atoms with E-state index in [2.05, 4.69) is 12.6 Å². The number of benzene rings is 2. The Labute approximate surface area is 136 Å². The summed E-state index contributed by atoms with van der Waals surface area (Å²) < 4.78 is 0. The Morgan fingerprint density at radius 2 is 1.81 bits per heavy atom. The van der Waals surface area contributed by atoms with Crippen LogP contribution in [0.1, 0.15) is 30.4 Å². The van der Waals surface area contributed by atoms with E-state index in [0.29, 0.717) is 10.0 Å². The zero-order valence-corrected chi connectivity index (χ0v) is 13.5. The molecule has 0 saturated carbocycles. The molecular formula is C18H19Cl2N. The summed E-state index contributed by atoms with van der Waals surface area (Å²) in [6.45, 7) is 5.89. The van der Waals surface area contributed by atoms with Gasteiger partial charge in [-0.3, -0.25) is 0 Å². The van der Waals surface area contributed by atoms with Crippen molar-refractivity contribution in [2.45, 2.75) is 24.8 Å². The minimum absolute atomic E-state index is 0.0925. The largest absolute Gasteiger partial charge is 0.321 e. The first kappa shape index (κ1) is 16.1. The van der Waals surface area contributed by atoms with E-state index in [1.54, 1.807) is 0 Å². The Hall–Kier alpha value is -1.28. The van der Waals surface area contributed by atoms with E-state index in [-0.39, 0.29) is 5.92 Å². The Morgan fingerprint density at radius 1 is 1.14 bits per heavy atom. The lowest BCUT2D eigenvalue weighted by molar-refractivity contribution is 0.390. The van der Waals surface area contributed by atoms with Crippen LogP contribution in [0.15, 0.2) is 61.2 Å². The summed E-state index contributed by atoms with van der Waals surface area (Å²) in [6.07, 6.45) is 2.67. The molecule has 0 fully saturated rings. The van der Waals surface area contributed by atoms with Crippen LogP contribution in [0.25, 0.3) is 0 Å². The van der Waals surface area contributed by atoms with Crippen molar-refractivity contribution in [2.24, 2.45) is 5.73 Å². The smallest absolute Gasteiger partial charge is 0.0453 e. The molecule has 2 atom stereocenters. The van der Waals surface area contributed by atoms with Crippen LogP contribution in [0.4, 0.5) is 0 Å². The predicted octanol–water partition coefficient (Wildman–Crippen LogP) is 5.53. The molecule has 0 radical (unpaired) electrons. The van der Waals surface area contributed by atoms with E-state index in [4.69, 9.17) is 28.9 Å². The van der Waals surface area contributed by atoms with Crippen molar-refractivity contribution >= 4 is 23.2 Å². The van der Waals surface area contributed by atoms with Crippen LogP contribution >= 0.6 is 23.2 Å². The van der Waals surface area contributed by atoms with Crippen molar-refractivity contribution in [1.82, 2.24) is 0 Å². The molecule has 1 nitrogen and oxygen atoms in total. The third-order valence-corrected chi connectivity index (χ3v) is 4.33. The lowest BCUT2D eigenvalue weighted by atomic mass is 9.75. The zero-order valence-electron chi connectivity index (χ0n) is 12.0. The van der Waals surface area contributed by atoms with Crippen molar-refractivity contribution in [1.29, 1.82) is 0 Å². The van der Waals surface area contributed by atoms with Gasteiger partial charge in [-0.2, -0.15) is 0 Å². The van der Waals surface area contributed by atoms with Crippen LogP contribution in [-0.4, -0.2) is 0 Å². The minimum Gasteiger partial charge on any atom is -0.321 e. The van der Waals surface area contributed by atoms with E-state index < -0.39 is 5.54 Å². The predicted molar refractivity (Wildman–Crippen MR) is 92.0 cm³/mol. The molecule has 0 saturated heterocycles. The topological polar surface area (TPSA) is 26.0 Å². The van der Waals surface area contributed by atoms with Crippen molar-refractivity contribution in [3.63, 3.8) is 0 Å². The molecule has 0 bridgehead atoms. The van der Waals surface area contributed by atoms with E-state index >= 15 is 0 Å². The number of rotatable bonds is 5. The molecule has 0 spiro atoms. The maximum Gasteiger partial charge on any atom is 0.0453 e. The zero-order chi connectivity index (χ0) is 15.5. The van der Waals surface area contributed by atoms with Crippen LogP contribution in [0.3, 0.4) is 0 Å². The van der Waals surface area contributed by atoms with Gasteiger partial charge in [0.25, 0.3) is 0 Å². The van der Waals surface area contributed by atoms with Crippen molar-refractivity contribution < 1.29 is 0 Å². The minimum atomic E-state index is -0.538. The molecule has 110 valence electrons. The Morgan fingerprint density at radius 3 is 2.38 bits per heavy atom. The number of hydrogen-bond acceptors (Lipinski definition) is 1.